The Morgan fingerprint density at radius 2 is 1.79 bits per heavy atom. The van der Waals surface area contributed by atoms with Crippen LogP contribution in [0.15, 0.2) is 0 Å². The minimum Gasteiger partial charge on any atom is -0.451 e. The quantitative estimate of drug-likeness (QED) is 0.625. The molecule has 1 aliphatic rings. The molecule has 6 nitrogen and oxygen atoms in total. The number of esters is 1. The van der Waals surface area contributed by atoms with Crippen molar-refractivity contribution in [3.63, 3.8) is 0 Å². The summed E-state index contributed by atoms with van der Waals surface area (Å²) in [4.78, 5) is 30.0. The van der Waals surface area contributed by atoms with Crippen LogP contribution in [0.25, 0.3) is 0 Å². The van der Waals surface area contributed by atoms with Crippen molar-refractivity contribution in [3.05, 3.63) is 20.9 Å². The van der Waals surface area contributed by atoms with E-state index in [-0.39, 0.29) is 44.6 Å². The predicted molar refractivity (Wildman–Crippen MR) is 93.6 cm³/mol. The Morgan fingerprint density at radius 3 is 2.38 bits per heavy atom. The molecule has 0 spiro atoms. The van der Waals surface area contributed by atoms with E-state index in [9.17, 15) is 9.59 Å². The lowest BCUT2D eigenvalue weighted by Gasteiger charge is -2.38. The van der Waals surface area contributed by atoms with Crippen LogP contribution in [0.1, 0.15) is 43.6 Å². The number of hydrogen-bond donors (Lipinski definition) is 1. The van der Waals surface area contributed by atoms with Crippen molar-refractivity contribution in [3.8, 4) is 0 Å². The third kappa shape index (κ3) is 3.87. The van der Waals surface area contributed by atoms with Gasteiger partial charge in [-0.15, -0.1) is 0 Å². The molecule has 1 fully saturated rings. The Labute approximate surface area is 155 Å². The maximum absolute atomic E-state index is 12.4. The number of carbonyl (C=O) groups excluding carboxylic acids is 2. The summed E-state index contributed by atoms with van der Waals surface area (Å²) in [7, 11) is 0. The number of pyridine rings is 1. The molecular formula is C15H18Cl3N3O3. The van der Waals surface area contributed by atoms with Gasteiger partial charge in [0.25, 0.3) is 5.91 Å². The summed E-state index contributed by atoms with van der Waals surface area (Å²) < 4.78 is 5.04. The highest BCUT2D eigenvalue weighted by molar-refractivity contribution is 6.46. The number of carbonyl (C=O) groups is 2. The number of halogens is 3. The van der Waals surface area contributed by atoms with Gasteiger partial charge in [-0.1, -0.05) is 34.8 Å². The van der Waals surface area contributed by atoms with Crippen molar-refractivity contribution in [1.29, 1.82) is 0 Å². The van der Waals surface area contributed by atoms with Crippen LogP contribution in [0.5, 0.6) is 0 Å². The number of rotatable bonds is 3. The molecule has 0 aliphatic carbocycles. The van der Waals surface area contributed by atoms with Crippen LogP contribution in [0, 0.1) is 0 Å². The number of nitrogen functional groups attached to an aromatic ring is 1. The Balaban J connectivity index is 2.07. The molecule has 0 radical (unpaired) electrons. The van der Waals surface area contributed by atoms with E-state index in [0.717, 1.165) is 19.3 Å². The molecule has 1 aromatic rings. The van der Waals surface area contributed by atoms with Gasteiger partial charge >= 0.3 is 5.97 Å². The van der Waals surface area contributed by atoms with Crippen LogP contribution in [0.2, 0.25) is 15.2 Å². The van der Waals surface area contributed by atoms with Crippen molar-refractivity contribution in [2.45, 2.75) is 45.2 Å². The third-order valence-electron chi connectivity index (χ3n) is 4.07. The van der Waals surface area contributed by atoms with Crippen LogP contribution >= 0.6 is 34.8 Å². The van der Waals surface area contributed by atoms with Gasteiger partial charge in [0.15, 0.2) is 17.5 Å². The first-order valence-corrected chi connectivity index (χ1v) is 8.65. The molecule has 132 valence electrons. The third-order valence-corrected chi connectivity index (χ3v) is 5.21. The minimum atomic E-state index is -0.879. The zero-order valence-corrected chi connectivity index (χ0v) is 15.6. The lowest BCUT2D eigenvalue weighted by Crippen LogP contribution is -2.49. The maximum atomic E-state index is 12.4. The van der Waals surface area contributed by atoms with Gasteiger partial charge in [0, 0.05) is 12.1 Å². The van der Waals surface area contributed by atoms with Gasteiger partial charge < -0.3 is 15.4 Å². The molecule has 9 heteroatoms. The highest BCUT2D eigenvalue weighted by atomic mass is 35.5. The second-order valence-corrected chi connectivity index (χ2v) is 6.91. The van der Waals surface area contributed by atoms with Crippen LogP contribution < -0.4 is 5.73 Å². The van der Waals surface area contributed by atoms with E-state index < -0.39 is 12.6 Å². The molecule has 2 N–H and O–H groups in total. The van der Waals surface area contributed by atoms with Gasteiger partial charge in [-0.25, -0.2) is 9.78 Å². The van der Waals surface area contributed by atoms with E-state index in [2.05, 4.69) is 4.98 Å². The first kappa shape index (κ1) is 19.1. The van der Waals surface area contributed by atoms with Gasteiger partial charge in [-0.05, 0) is 33.1 Å². The van der Waals surface area contributed by atoms with Gasteiger partial charge in [-0.3, -0.25) is 4.79 Å². The maximum Gasteiger partial charge on any atom is 0.359 e. The van der Waals surface area contributed by atoms with Crippen molar-refractivity contribution >= 4 is 52.4 Å². The molecule has 1 aliphatic heterocycles. The topological polar surface area (TPSA) is 85.5 Å². The van der Waals surface area contributed by atoms with E-state index in [4.69, 9.17) is 45.3 Å². The number of nitrogens with two attached hydrogens (primary N) is 1. The molecular weight excluding hydrogens is 377 g/mol. The Hall–Kier alpha value is -1.24. The molecule has 2 rings (SSSR count). The normalized spacial score (nSPS) is 20.8. The van der Waals surface area contributed by atoms with Gasteiger partial charge in [0.05, 0.1) is 10.7 Å². The van der Waals surface area contributed by atoms with Crippen LogP contribution in [0.4, 0.5) is 5.69 Å². The van der Waals surface area contributed by atoms with Crippen molar-refractivity contribution in [2.24, 2.45) is 0 Å². The van der Waals surface area contributed by atoms with E-state index in [1.54, 1.807) is 4.90 Å². The first-order chi connectivity index (χ1) is 11.2. The number of aromatic nitrogens is 1. The zero-order chi connectivity index (χ0) is 18.0. The highest BCUT2D eigenvalue weighted by Crippen LogP contribution is 2.34. The number of likely N-dealkylation sites (tertiary alicyclic amines) is 1. The predicted octanol–water partition coefficient (Wildman–Crippen LogP) is 3.57. The second kappa shape index (κ2) is 7.76. The second-order valence-electron chi connectivity index (χ2n) is 5.80. The average molecular weight is 395 g/mol. The fourth-order valence-corrected chi connectivity index (χ4v) is 3.44. The number of piperidine rings is 1. The zero-order valence-electron chi connectivity index (χ0n) is 13.3. The molecule has 2 heterocycles. The number of amides is 1. The Morgan fingerprint density at radius 1 is 1.21 bits per heavy atom. The molecule has 1 saturated heterocycles. The van der Waals surface area contributed by atoms with Crippen LogP contribution in [-0.4, -0.2) is 40.5 Å². The number of nitrogens with zero attached hydrogens (tertiary/aromatic N) is 2. The van der Waals surface area contributed by atoms with E-state index in [0.29, 0.717) is 0 Å². The van der Waals surface area contributed by atoms with E-state index >= 15 is 0 Å². The van der Waals surface area contributed by atoms with Crippen LogP contribution in [0.3, 0.4) is 0 Å². The molecule has 1 aromatic heterocycles. The summed E-state index contributed by atoms with van der Waals surface area (Å²) in [5, 5.41) is -0.345. The van der Waals surface area contributed by atoms with Gasteiger partial charge in [0.1, 0.15) is 5.02 Å². The molecule has 0 bridgehead atoms. The number of anilines is 1. The first-order valence-electron chi connectivity index (χ1n) is 7.52. The molecule has 2 atom stereocenters. The Kier molecular flexibility index (Phi) is 6.17. The fraction of sp³-hybridized carbons (Fsp3) is 0.533. The van der Waals surface area contributed by atoms with E-state index in [1.807, 2.05) is 13.8 Å². The fourth-order valence-electron chi connectivity index (χ4n) is 2.85. The summed E-state index contributed by atoms with van der Waals surface area (Å²) in [5.74, 6) is -1.14. The molecule has 0 saturated carbocycles. The smallest absolute Gasteiger partial charge is 0.359 e. The molecule has 0 aromatic carbocycles. The van der Waals surface area contributed by atoms with Crippen molar-refractivity contribution in [2.75, 3.05) is 12.3 Å². The summed E-state index contributed by atoms with van der Waals surface area (Å²) >= 11 is 17.5. The lowest BCUT2D eigenvalue weighted by molar-refractivity contribution is -0.140. The number of ether oxygens (including phenoxy) is 1. The standard InChI is InChI=1S/C15H18Cl3N3O3/c1-7-4-3-5-8(2)21(7)9(22)6-24-15(23)13-10(16)12(19)11(17)14(18)20-13/h7-8H,3-6H2,1-2H3,(H2,19,20). The summed E-state index contributed by atoms with van der Waals surface area (Å²) in [6, 6.07) is 0.226. The molecule has 24 heavy (non-hydrogen) atoms. The van der Waals surface area contributed by atoms with Crippen LogP contribution in [-0.2, 0) is 9.53 Å². The molecule has 2 unspecified atom stereocenters. The summed E-state index contributed by atoms with van der Waals surface area (Å²) in [5.41, 5.74) is 5.33. The van der Waals surface area contributed by atoms with Crippen molar-refractivity contribution in [1.82, 2.24) is 9.88 Å². The van der Waals surface area contributed by atoms with E-state index in [1.165, 1.54) is 0 Å². The largest absolute Gasteiger partial charge is 0.451 e. The SMILES string of the molecule is CC1CCCC(C)N1C(=O)COC(=O)c1nc(Cl)c(Cl)c(N)c1Cl. The monoisotopic (exact) mass is 393 g/mol. The van der Waals surface area contributed by atoms with Gasteiger partial charge in [0.2, 0.25) is 0 Å². The van der Waals surface area contributed by atoms with Crippen molar-refractivity contribution < 1.29 is 14.3 Å². The summed E-state index contributed by atoms with van der Waals surface area (Å²) in [6.45, 7) is 3.56. The lowest BCUT2D eigenvalue weighted by atomic mass is 9.97. The Bertz CT molecular complexity index is 659. The van der Waals surface area contributed by atoms with Gasteiger partial charge in [-0.2, -0.15) is 0 Å². The number of hydrogen-bond acceptors (Lipinski definition) is 5. The molecule has 1 amide bonds. The highest BCUT2D eigenvalue weighted by Gasteiger charge is 2.30. The summed E-state index contributed by atoms with van der Waals surface area (Å²) in [6.07, 6.45) is 2.94. The minimum absolute atomic E-state index is 0.0368. The average Bonchev–Trinajstić information content (AvgIpc) is 2.53.